The molecule has 1 aliphatic rings. The second kappa shape index (κ2) is 13.2. The van der Waals surface area contributed by atoms with Crippen LogP contribution >= 0.6 is 0 Å². The highest BCUT2D eigenvalue weighted by Gasteiger charge is 2.31. The highest BCUT2D eigenvalue weighted by molar-refractivity contribution is 5.99. The molecular weight excluding hydrogens is 491 g/mol. The molecule has 2 aromatic rings. The van der Waals surface area contributed by atoms with Crippen molar-refractivity contribution < 1.29 is 28.2 Å². The summed E-state index contributed by atoms with van der Waals surface area (Å²) < 4.78 is 26.3. The Morgan fingerprint density at radius 1 is 1.16 bits per heavy atom. The first-order valence-electron chi connectivity index (χ1n) is 12.8. The number of hydrogen-bond acceptors (Lipinski definition) is 5. The smallest absolute Gasteiger partial charge is 0.319 e. The van der Waals surface area contributed by atoms with Crippen LogP contribution in [0.3, 0.4) is 0 Å². The van der Waals surface area contributed by atoms with Crippen LogP contribution in [0.15, 0.2) is 42.5 Å². The summed E-state index contributed by atoms with van der Waals surface area (Å²) in [6.07, 6.45) is 0.402. The Kier molecular flexibility index (Phi) is 10.1. The Bertz CT molecular complexity index is 1140. The Balaban J connectivity index is 1.96. The SMILES string of the molecule is CCCNC(=O)Nc1ccc2c(c1)C(=O)N(C)C[C@@H](OC)[C@H](C)CN(C(=O)c1ccccc1F)[C@@H](C)CO2. The lowest BCUT2D eigenvalue weighted by Gasteiger charge is -2.36. The maximum atomic E-state index is 14.5. The van der Waals surface area contributed by atoms with Crippen molar-refractivity contribution in [3.8, 4) is 5.75 Å². The molecule has 0 spiro atoms. The van der Waals surface area contributed by atoms with E-state index in [0.717, 1.165) is 6.42 Å². The van der Waals surface area contributed by atoms with Crippen LogP contribution in [0.5, 0.6) is 5.75 Å². The third-order valence-electron chi connectivity index (χ3n) is 6.60. The van der Waals surface area contributed by atoms with Gasteiger partial charge in [0.15, 0.2) is 0 Å². The maximum Gasteiger partial charge on any atom is 0.319 e. The summed E-state index contributed by atoms with van der Waals surface area (Å²) >= 11 is 0. The quantitative estimate of drug-likeness (QED) is 0.611. The van der Waals surface area contributed by atoms with E-state index < -0.39 is 23.9 Å². The number of nitrogens with zero attached hydrogens (tertiary/aromatic N) is 2. The van der Waals surface area contributed by atoms with Gasteiger partial charge in [0.25, 0.3) is 11.8 Å². The summed E-state index contributed by atoms with van der Waals surface area (Å²) in [4.78, 5) is 42.2. The zero-order chi connectivity index (χ0) is 27.8. The maximum absolute atomic E-state index is 14.5. The van der Waals surface area contributed by atoms with Crippen LogP contribution in [0.2, 0.25) is 0 Å². The van der Waals surface area contributed by atoms with Crippen LogP contribution in [0.1, 0.15) is 47.9 Å². The lowest BCUT2D eigenvalue weighted by Crippen LogP contribution is -2.48. The summed E-state index contributed by atoms with van der Waals surface area (Å²) in [5, 5.41) is 5.48. The molecule has 1 heterocycles. The minimum absolute atomic E-state index is 0.0163. The number of amides is 4. The third-order valence-corrected chi connectivity index (χ3v) is 6.60. The molecule has 0 saturated heterocycles. The number of anilines is 1. The second-order valence-electron chi connectivity index (χ2n) is 9.63. The summed E-state index contributed by atoms with van der Waals surface area (Å²) in [6, 6.07) is 9.92. The molecule has 0 saturated carbocycles. The van der Waals surface area contributed by atoms with Crippen LogP contribution in [0.25, 0.3) is 0 Å². The van der Waals surface area contributed by atoms with Gasteiger partial charge in [-0.3, -0.25) is 9.59 Å². The first-order valence-corrected chi connectivity index (χ1v) is 12.8. The lowest BCUT2D eigenvalue weighted by molar-refractivity contribution is 0.0110. The van der Waals surface area contributed by atoms with Gasteiger partial charge in [-0.25, -0.2) is 9.18 Å². The minimum atomic E-state index is -0.591. The van der Waals surface area contributed by atoms with Gasteiger partial charge < -0.3 is 29.9 Å². The van der Waals surface area contributed by atoms with Crippen molar-refractivity contribution in [3.63, 3.8) is 0 Å². The van der Waals surface area contributed by atoms with Gasteiger partial charge >= 0.3 is 6.03 Å². The standard InChI is InChI=1S/C28H37FN4O5/c1-6-13-30-28(36)31-20-11-12-24-22(14-20)26(34)32(4)16-25(37-5)18(2)15-33(19(3)17-38-24)27(35)21-9-7-8-10-23(21)29/h7-12,14,18-19,25H,6,13,15-17H2,1-5H3,(H2,30,31,36)/t18-,19+,25-/m1/s1. The molecule has 2 N–H and O–H groups in total. The van der Waals surface area contributed by atoms with Gasteiger partial charge in [-0.2, -0.15) is 0 Å². The van der Waals surface area contributed by atoms with Crippen LogP contribution in [-0.2, 0) is 4.74 Å². The van der Waals surface area contributed by atoms with E-state index in [4.69, 9.17) is 9.47 Å². The zero-order valence-electron chi connectivity index (χ0n) is 22.6. The molecular formula is C28H37FN4O5. The van der Waals surface area contributed by atoms with E-state index in [1.165, 1.54) is 17.0 Å². The van der Waals surface area contributed by atoms with Gasteiger partial charge in [0.1, 0.15) is 18.2 Å². The fourth-order valence-corrected chi connectivity index (χ4v) is 4.34. The Hall–Kier alpha value is -3.66. The lowest BCUT2D eigenvalue weighted by atomic mass is 10.0. The molecule has 9 nitrogen and oxygen atoms in total. The number of benzene rings is 2. The van der Waals surface area contributed by atoms with E-state index in [9.17, 15) is 18.8 Å². The number of carbonyl (C=O) groups is 3. The number of likely N-dealkylation sites (N-methyl/N-ethyl adjacent to an activating group) is 1. The molecule has 3 atom stereocenters. The van der Waals surface area contributed by atoms with Crippen LogP contribution in [0, 0.1) is 11.7 Å². The van der Waals surface area contributed by atoms with Crippen molar-refractivity contribution in [2.75, 3.05) is 45.7 Å². The summed E-state index contributed by atoms with van der Waals surface area (Å²) in [5.74, 6) is -1.19. The van der Waals surface area contributed by atoms with Crippen molar-refractivity contribution in [1.82, 2.24) is 15.1 Å². The van der Waals surface area contributed by atoms with E-state index in [2.05, 4.69) is 10.6 Å². The zero-order valence-corrected chi connectivity index (χ0v) is 22.6. The van der Waals surface area contributed by atoms with Crippen LogP contribution in [0.4, 0.5) is 14.9 Å². The predicted octanol–water partition coefficient (Wildman–Crippen LogP) is 4.00. The van der Waals surface area contributed by atoms with Crippen molar-refractivity contribution >= 4 is 23.5 Å². The second-order valence-corrected chi connectivity index (χ2v) is 9.63. The molecule has 0 aliphatic carbocycles. The average Bonchev–Trinajstić information content (AvgIpc) is 2.91. The first-order chi connectivity index (χ1) is 18.2. The van der Waals surface area contributed by atoms with Crippen LogP contribution < -0.4 is 15.4 Å². The molecule has 0 unspecified atom stereocenters. The number of methoxy groups -OCH3 is 1. The molecule has 0 fully saturated rings. The van der Waals surface area contributed by atoms with Crippen molar-refractivity contribution in [3.05, 3.63) is 59.4 Å². The number of urea groups is 1. The van der Waals surface area contributed by atoms with Gasteiger partial charge in [0.05, 0.1) is 23.3 Å². The van der Waals surface area contributed by atoms with Gasteiger partial charge in [0.2, 0.25) is 0 Å². The number of hydrogen-bond donors (Lipinski definition) is 2. The number of fused-ring (bicyclic) bond motifs is 1. The number of halogens is 1. The first kappa shape index (κ1) is 28.9. The molecule has 1 aliphatic heterocycles. The molecule has 0 radical (unpaired) electrons. The average molecular weight is 529 g/mol. The highest BCUT2D eigenvalue weighted by Crippen LogP contribution is 2.27. The van der Waals surface area contributed by atoms with Crippen molar-refractivity contribution in [1.29, 1.82) is 0 Å². The monoisotopic (exact) mass is 528 g/mol. The minimum Gasteiger partial charge on any atom is -0.491 e. The van der Waals surface area contributed by atoms with E-state index in [1.54, 1.807) is 49.4 Å². The summed E-state index contributed by atoms with van der Waals surface area (Å²) in [7, 11) is 3.22. The van der Waals surface area contributed by atoms with Gasteiger partial charge in [-0.1, -0.05) is 26.0 Å². The van der Waals surface area contributed by atoms with Gasteiger partial charge in [-0.15, -0.1) is 0 Å². The van der Waals surface area contributed by atoms with Gasteiger partial charge in [0, 0.05) is 45.4 Å². The Labute approximate surface area is 223 Å². The van der Waals surface area contributed by atoms with E-state index in [0.29, 0.717) is 18.0 Å². The van der Waals surface area contributed by atoms with E-state index >= 15 is 0 Å². The molecule has 2 aromatic carbocycles. The highest BCUT2D eigenvalue weighted by atomic mass is 19.1. The predicted molar refractivity (Wildman–Crippen MR) is 143 cm³/mol. The Morgan fingerprint density at radius 2 is 1.89 bits per heavy atom. The number of rotatable bonds is 5. The summed E-state index contributed by atoms with van der Waals surface area (Å²) in [6.45, 7) is 6.82. The molecule has 4 amide bonds. The largest absolute Gasteiger partial charge is 0.491 e. The fraction of sp³-hybridized carbons (Fsp3) is 0.464. The molecule has 38 heavy (non-hydrogen) atoms. The van der Waals surface area contributed by atoms with Crippen LogP contribution in [-0.4, -0.2) is 80.2 Å². The van der Waals surface area contributed by atoms with Crippen molar-refractivity contribution in [2.45, 2.75) is 39.3 Å². The molecule has 0 aromatic heterocycles. The topological polar surface area (TPSA) is 100 Å². The van der Waals surface area contributed by atoms with E-state index in [1.807, 2.05) is 20.8 Å². The van der Waals surface area contributed by atoms with Gasteiger partial charge in [-0.05, 0) is 43.7 Å². The Morgan fingerprint density at radius 3 is 2.58 bits per heavy atom. The normalized spacial score (nSPS) is 20.5. The molecule has 206 valence electrons. The number of nitrogens with one attached hydrogen (secondary N) is 2. The van der Waals surface area contributed by atoms with E-state index in [-0.39, 0.29) is 48.7 Å². The molecule has 3 rings (SSSR count). The number of carbonyl (C=O) groups excluding carboxylic acids is 3. The fourth-order valence-electron chi connectivity index (χ4n) is 4.34. The number of ether oxygens (including phenoxy) is 2. The third kappa shape index (κ3) is 7.00. The molecule has 10 heteroatoms. The van der Waals surface area contributed by atoms with Crippen molar-refractivity contribution in [2.24, 2.45) is 5.92 Å². The molecule has 0 bridgehead atoms. The summed E-state index contributed by atoms with van der Waals surface area (Å²) in [5.41, 5.74) is 0.691.